The summed E-state index contributed by atoms with van der Waals surface area (Å²) in [6, 6.07) is 13.1. The second-order valence-corrected chi connectivity index (χ2v) is 15.3. The summed E-state index contributed by atoms with van der Waals surface area (Å²) in [5.41, 5.74) is 1.64. The Labute approximate surface area is 266 Å². The van der Waals surface area contributed by atoms with Crippen LogP contribution in [0.2, 0.25) is 0 Å². The Morgan fingerprint density at radius 3 is 2.57 bits per heavy atom. The van der Waals surface area contributed by atoms with Crippen molar-refractivity contribution in [2.45, 2.75) is 51.0 Å². The molecule has 1 aliphatic carbocycles. The van der Waals surface area contributed by atoms with Crippen LogP contribution in [0.1, 0.15) is 50.1 Å². The van der Waals surface area contributed by atoms with Gasteiger partial charge in [0.05, 0.1) is 29.5 Å². The smallest absolute Gasteiger partial charge is 0.435 e. The lowest BCUT2D eigenvalue weighted by Gasteiger charge is -2.28. The summed E-state index contributed by atoms with van der Waals surface area (Å²) in [4.78, 5) is 37.7. The molecule has 46 heavy (non-hydrogen) atoms. The van der Waals surface area contributed by atoms with Crippen molar-refractivity contribution < 1.29 is 27.5 Å². The summed E-state index contributed by atoms with van der Waals surface area (Å²) in [6.07, 6.45) is -0.0206. The zero-order chi connectivity index (χ0) is 32.6. The minimum absolute atomic E-state index is 0.0508. The predicted octanol–water partition coefficient (Wildman–Crippen LogP) is 4.28. The van der Waals surface area contributed by atoms with Gasteiger partial charge < -0.3 is 25.0 Å². The molecule has 4 heterocycles. The van der Waals surface area contributed by atoms with Crippen LogP contribution in [-0.2, 0) is 24.8 Å². The first-order valence-corrected chi connectivity index (χ1v) is 16.9. The molecule has 4 aromatic rings. The van der Waals surface area contributed by atoms with Crippen LogP contribution in [0.4, 0.5) is 27.9 Å². The highest BCUT2D eigenvalue weighted by atomic mass is 32.2. The molecule has 1 saturated heterocycles. The van der Waals surface area contributed by atoms with Crippen LogP contribution in [0.3, 0.4) is 0 Å². The van der Waals surface area contributed by atoms with E-state index in [-0.39, 0.29) is 23.3 Å². The van der Waals surface area contributed by atoms with Crippen LogP contribution in [0.25, 0.3) is 10.9 Å². The molecule has 2 atom stereocenters. The van der Waals surface area contributed by atoms with E-state index >= 15 is 0 Å². The Morgan fingerprint density at radius 2 is 1.85 bits per heavy atom. The number of fused-ring (bicyclic) bond motifs is 3. The van der Waals surface area contributed by atoms with Crippen LogP contribution in [-0.4, -0.2) is 77.5 Å². The number of carbonyl (C=O) groups is 2. The Hall–Kier alpha value is -4.72. The molecular weight excluding hydrogens is 610 g/mol. The molecule has 13 nitrogen and oxygen atoms in total. The minimum atomic E-state index is -3.05. The van der Waals surface area contributed by atoms with Gasteiger partial charge in [0.1, 0.15) is 28.8 Å². The average Bonchev–Trinajstić information content (AvgIpc) is 3.56. The Bertz CT molecular complexity index is 2020. The second-order valence-electron chi connectivity index (χ2n) is 13.0. The number of nitrogens with zero attached hydrogens (tertiary/aromatic N) is 5. The number of hydrogen-bond donors (Lipinski definition) is 2. The lowest BCUT2D eigenvalue weighted by Crippen LogP contribution is -2.40. The highest BCUT2D eigenvalue weighted by Gasteiger charge is 2.65. The van der Waals surface area contributed by atoms with Crippen LogP contribution in [0.15, 0.2) is 42.5 Å². The molecule has 7 rings (SSSR count). The van der Waals surface area contributed by atoms with Crippen LogP contribution < -0.4 is 20.3 Å². The normalized spacial score (nSPS) is 21.6. The predicted molar refractivity (Wildman–Crippen MR) is 173 cm³/mol. The zero-order valence-corrected chi connectivity index (χ0v) is 27.1. The van der Waals surface area contributed by atoms with Crippen LogP contribution >= 0.6 is 0 Å². The van der Waals surface area contributed by atoms with Gasteiger partial charge in [0, 0.05) is 36.1 Å². The molecule has 14 heteroatoms. The summed E-state index contributed by atoms with van der Waals surface area (Å²) >= 11 is 0. The van der Waals surface area contributed by atoms with Crippen LogP contribution in [0, 0.1) is 6.92 Å². The van der Waals surface area contributed by atoms with Gasteiger partial charge in [-0.05, 0) is 75.6 Å². The number of anilines is 4. The third-order valence-electron chi connectivity index (χ3n) is 8.73. The number of benzene rings is 2. The summed E-state index contributed by atoms with van der Waals surface area (Å²) in [6.45, 7) is 7.81. The van der Waals surface area contributed by atoms with Crippen molar-refractivity contribution in [1.82, 2.24) is 19.7 Å². The van der Waals surface area contributed by atoms with Crippen molar-refractivity contribution in [3.63, 3.8) is 0 Å². The fourth-order valence-electron chi connectivity index (χ4n) is 6.42. The monoisotopic (exact) mass is 645 g/mol. The fourth-order valence-corrected chi connectivity index (χ4v) is 7.63. The number of carbonyl (C=O) groups excluding carboxylic acids is 2. The van der Waals surface area contributed by atoms with E-state index in [0.717, 1.165) is 16.8 Å². The number of sulfone groups is 1. The van der Waals surface area contributed by atoms with E-state index in [1.54, 1.807) is 40.9 Å². The van der Waals surface area contributed by atoms with Gasteiger partial charge in [0.25, 0.3) is 0 Å². The number of methoxy groups -OCH3 is 1. The van der Waals surface area contributed by atoms with Crippen molar-refractivity contribution in [3.05, 3.63) is 59.4 Å². The van der Waals surface area contributed by atoms with Crippen molar-refractivity contribution in [1.29, 1.82) is 0 Å². The maximum absolute atomic E-state index is 13.4. The highest BCUT2D eigenvalue weighted by Crippen LogP contribution is 2.65. The van der Waals surface area contributed by atoms with Gasteiger partial charge in [-0.15, -0.1) is 5.10 Å². The standard InChI is InChI=1S/C32H35N7O6S/c1-18-33-26(16-27(34-18)38-10-12-46(42,43)13-11-38)36-28-21-8-6-19(14-25(21)39(37-28)30(41)45-31(2,3)4)23-17-32(23)22-15-20(44-5)7-9-24(22)35-29(32)40/h6-9,14-16,23H,10-13,17H2,1-5H3,(H,35,40)(H,33,34,36,37)/t23-,32-/m0/s1. The van der Waals surface area contributed by atoms with E-state index in [0.29, 0.717) is 59.4 Å². The third kappa shape index (κ3) is 5.19. The number of aromatic nitrogens is 4. The van der Waals surface area contributed by atoms with Crippen molar-refractivity contribution in [3.8, 4) is 5.75 Å². The fraction of sp³-hybridized carbons (Fsp3) is 0.406. The van der Waals surface area contributed by atoms with Gasteiger partial charge in [-0.2, -0.15) is 4.68 Å². The first kappa shape index (κ1) is 30.0. The van der Waals surface area contributed by atoms with Gasteiger partial charge in [0.2, 0.25) is 5.91 Å². The van der Waals surface area contributed by atoms with E-state index in [4.69, 9.17) is 9.47 Å². The summed E-state index contributed by atoms with van der Waals surface area (Å²) in [5, 5.41) is 11.6. The maximum Gasteiger partial charge on any atom is 0.435 e. The summed E-state index contributed by atoms with van der Waals surface area (Å²) in [5.74, 6) is 2.59. The lowest BCUT2D eigenvalue weighted by molar-refractivity contribution is -0.118. The number of amides is 1. The summed E-state index contributed by atoms with van der Waals surface area (Å²) in [7, 11) is -1.45. The molecule has 240 valence electrons. The third-order valence-corrected chi connectivity index (χ3v) is 10.3. The molecule has 1 spiro atoms. The van der Waals surface area contributed by atoms with E-state index in [9.17, 15) is 18.0 Å². The number of aryl methyl sites for hydroxylation is 1. The highest BCUT2D eigenvalue weighted by molar-refractivity contribution is 7.91. The van der Waals surface area contributed by atoms with Gasteiger partial charge in [0.15, 0.2) is 15.7 Å². The first-order valence-electron chi connectivity index (χ1n) is 15.1. The van der Waals surface area contributed by atoms with E-state index in [1.165, 1.54) is 4.68 Å². The quantitative estimate of drug-likeness (QED) is 0.319. The number of nitrogens with one attached hydrogen (secondary N) is 2. The molecule has 2 fully saturated rings. The number of rotatable bonds is 5. The topological polar surface area (TPSA) is 158 Å². The molecule has 1 saturated carbocycles. The van der Waals surface area contributed by atoms with Crippen molar-refractivity contribution in [2.75, 3.05) is 47.2 Å². The van der Waals surface area contributed by atoms with E-state index in [2.05, 4.69) is 25.7 Å². The first-order chi connectivity index (χ1) is 21.8. The molecule has 2 aliphatic heterocycles. The van der Waals surface area contributed by atoms with Gasteiger partial charge in [-0.3, -0.25) is 4.79 Å². The molecule has 1 amide bonds. The molecule has 0 bridgehead atoms. The number of ether oxygens (including phenoxy) is 2. The summed E-state index contributed by atoms with van der Waals surface area (Å²) < 4.78 is 36.3. The molecule has 0 unspecified atom stereocenters. The minimum Gasteiger partial charge on any atom is -0.497 e. The van der Waals surface area contributed by atoms with Gasteiger partial charge in [-0.25, -0.2) is 23.2 Å². The molecule has 2 N–H and O–H groups in total. The Morgan fingerprint density at radius 1 is 1.09 bits per heavy atom. The molecule has 0 radical (unpaired) electrons. The van der Waals surface area contributed by atoms with E-state index in [1.807, 2.05) is 41.3 Å². The van der Waals surface area contributed by atoms with Crippen molar-refractivity contribution >= 4 is 55.9 Å². The molecular formula is C32H35N7O6S. The van der Waals surface area contributed by atoms with Crippen LogP contribution in [0.5, 0.6) is 5.75 Å². The second kappa shape index (κ2) is 10.4. The SMILES string of the molecule is COc1ccc2c(c1)[C@]1(C[C@H]1c1ccc3c(Nc4cc(N5CCS(=O)(=O)CC5)nc(C)n4)nn(C(=O)OC(C)(C)C)c3c1)C(=O)N2. The van der Waals surface area contributed by atoms with Gasteiger partial charge in [-0.1, -0.05) is 6.07 Å². The molecule has 3 aliphatic rings. The van der Waals surface area contributed by atoms with Crippen molar-refractivity contribution in [2.24, 2.45) is 0 Å². The Balaban J connectivity index is 1.25. The average molecular weight is 646 g/mol. The Kier molecular flexibility index (Phi) is 6.78. The molecule has 2 aromatic carbocycles. The number of hydrogen-bond acceptors (Lipinski definition) is 11. The zero-order valence-electron chi connectivity index (χ0n) is 26.2. The maximum atomic E-state index is 13.4. The van der Waals surface area contributed by atoms with E-state index < -0.39 is 26.9 Å². The molecule has 2 aromatic heterocycles. The van der Waals surface area contributed by atoms with Gasteiger partial charge >= 0.3 is 6.09 Å². The largest absolute Gasteiger partial charge is 0.497 e. The lowest BCUT2D eigenvalue weighted by atomic mass is 9.91.